The first kappa shape index (κ1) is 16.0. The van der Waals surface area contributed by atoms with E-state index < -0.39 is 0 Å². The highest BCUT2D eigenvalue weighted by molar-refractivity contribution is 6.16. The quantitative estimate of drug-likeness (QED) is 0.738. The van der Waals surface area contributed by atoms with Gasteiger partial charge in [0.05, 0.1) is 16.8 Å². The third kappa shape index (κ3) is 3.63. The second-order valence-electron chi connectivity index (χ2n) is 5.02. The Labute approximate surface area is 130 Å². The summed E-state index contributed by atoms with van der Waals surface area (Å²) in [6.45, 7) is 8.01. The van der Waals surface area contributed by atoms with Gasteiger partial charge < -0.3 is 4.90 Å². The summed E-state index contributed by atoms with van der Waals surface area (Å²) in [6.07, 6.45) is 0.922. The molecule has 0 spiro atoms. The van der Waals surface area contributed by atoms with Crippen molar-refractivity contribution in [1.82, 2.24) is 14.5 Å². The predicted molar refractivity (Wildman–Crippen MR) is 88.0 cm³/mol. The first-order valence-corrected chi connectivity index (χ1v) is 8.01. The molecule has 0 aliphatic heterocycles. The van der Waals surface area contributed by atoms with Gasteiger partial charge >= 0.3 is 0 Å². The van der Waals surface area contributed by atoms with Crippen LogP contribution >= 0.6 is 11.6 Å². The molecule has 0 amide bonds. The van der Waals surface area contributed by atoms with Gasteiger partial charge in [-0.3, -0.25) is 9.36 Å². The maximum Gasteiger partial charge on any atom is 0.261 e. The minimum atomic E-state index is 0.01000. The third-order valence-electron chi connectivity index (χ3n) is 3.81. The predicted octanol–water partition coefficient (Wildman–Crippen LogP) is 2.87. The molecule has 2 rings (SSSR count). The normalized spacial score (nSPS) is 11.4. The van der Waals surface area contributed by atoms with Crippen molar-refractivity contribution in [2.24, 2.45) is 0 Å². The van der Waals surface area contributed by atoms with Crippen molar-refractivity contribution in [1.29, 1.82) is 0 Å². The van der Waals surface area contributed by atoms with Crippen LogP contribution in [-0.4, -0.2) is 34.1 Å². The van der Waals surface area contributed by atoms with Crippen LogP contribution in [-0.2, 0) is 12.4 Å². The number of hydrogen-bond acceptors (Lipinski definition) is 3. The second-order valence-corrected chi connectivity index (χ2v) is 5.28. The fourth-order valence-electron chi connectivity index (χ4n) is 2.54. The van der Waals surface area contributed by atoms with Gasteiger partial charge in [-0.25, -0.2) is 4.98 Å². The first-order chi connectivity index (χ1) is 10.2. The number of hydrogen-bond donors (Lipinski definition) is 0. The molecule has 1 heterocycles. The molecule has 1 aromatic carbocycles. The molecule has 4 nitrogen and oxygen atoms in total. The molecular weight excluding hydrogens is 286 g/mol. The van der Waals surface area contributed by atoms with Crippen LogP contribution in [0.5, 0.6) is 0 Å². The molecule has 0 atom stereocenters. The van der Waals surface area contributed by atoms with E-state index in [1.165, 1.54) is 0 Å². The number of para-hydroxylation sites is 1. The van der Waals surface area contributed by atoms with E-state index in [4.69, 9.17) is 11.6 Å². The number of alkyl halides is 1. The summed E-state index contributed by atoms with van der Waals surface area (Å²) in [6, 6.07) is 7.43. The number of nitrogens with zero attached hydrogens (tertiary/aromatic N) is 3. The Morgan fingerprint density at radius 2 is 1.95 bits per heavy atom. The zero-order valence-electron chi connectivity index (χ0n) is 12.7. The molecule has 0 aliphatic carbocycles. The maximum absolute atomic E-state index is 12.6. The zero-order valence-corrected chi connectivity index (χ0v) is 13.4. The van der Waals surface area contributed by atoms with Crippen LogP contribution in [0.25, 0.3) is 10.9 Å². The van der Waals surface area contributed by atoms with Gasteiger partial charge in [-0.15, -0.1) is 11.6 Å². The lowest BCUT2D eigenvalue weighted by atomic mass is 10.2. The van der Waals surface area contributed by atoms with E-state index in [2.05, 4.69) is 23.7 Å². The van der Waals surface area contributed by atoms with Crippen molar-refractivity contribution in [3.63, 3.8) is 0 Å². The second kappa shape index (κ2) is 7.57. The Hall–Kier alpha value is -1.39. The van der Waals surface area contributed by atoms with Crippen molar-refractivity contribution < 1.29 is 0 Å². The molecule has 0 bridgehead atoms. The Bertz CT molecular complexity index is 650. The van der Waals surface area contributed by atoms with E-state index in [1.807, 2.05) is 24.3 Å². The fourth-order valence-corrected chi connectivity index (χ4v) is 2.74. The van der Waals surface area contributed by atoms with Gasteiger partial charge in [-0.1, -0.05) is 26.0 Å². The Morgan fingerprint density at radius 1 is 1.24 bits per heavy atom. The molecule has 114 valence electrons. The molecule has 2 aromatic rings. The van der Waals surface area contributed by atoms with Gasteiger partial charge in [-0.05, 0) is 38.2 Å². The third-order valence-corrected chi connectivity index (χ3v) is 4.05. The fraction of sp³-hybridized carbons (Fsp3) is 0.500. The van der Waals surface area contributed by atoms with Crippen LogP contribution in [0.4, 0.5) is 0 Å². The van der Waals surface area contributed by atoms with E-state index in [9.17, 15) is 4.79 Å². The van der Waals surface area contributed by atoms with Crippen molar-refractivity contribution in [3.8, 4) is 0 Å². The number of fused-ring (bicyclic) bond motifs is 1. The largest absolute Gasteiger partial charge is 0.304 e. The van der Waals surface area contributed by atoms with E-state index in [0.29, 0.717) is 17.8 Å². The highest BCUT2D eigenvalue weighted by Crippen LogP contribution is 2.10. The van der Waals surface area contributed by atoms with Gasteiger partial charge in [-0.2, -0.15) is 0 Å². The van der Waals surface area contributed by atoms with Gasteiger partial charge in [0.1, 0.15) is 5.82 Å². The molecule has 0 fully saturated rings. The van der Waals surface area contributed by atoms with E-state index >= 15 is 0 Å². The lowest BCUT2D eigenvalue weighted by Gasteiger charge is -2.18. The number of benzene rings is 1. The summed E-state index contributed by atoms with van der Waals surface area (Å²) in [5.74, 6) is 0.908. The van der Waals surface area contributed by atoms with Gasteiger partial charge in [0, 0.05) is 6.54 Å². The Balaban J connectivity index is 2.26. The highest BCUT2D eigenvalue weighted by Gasteiger charge is 2.10. The van der Waals surface area contributed by atoms with Crippen LogP contribution in [0.2, 0.25) is 0 Å². The molecule has 0 N–H and O–H groups in total. The molecule has 0 radical (unpaired) electrons. The summed E-state index contributed by atoms with van der Waals surface area (Å²) in [5, 5.41) is 0.661. The number of rotatable bonds is 7. The van der Waals surface area contributed by atoms with E-state index in [0.717, 1.165) is 31.6 Å². The molecule has 0 unspecified atom stereocenters. The molecular formula is C16H22ClN3O. The number of halogens is 1. The molecule has 0 saturated carbocycles. The van der Waals surface area contributed by atoms with Crippen molar-refractivity contribution in [3.05, 3.63) is 40.4 Å². The van der Waals surface area contributed by atoms with E-state index in [1.54, 1.807) is 4.57 Å². The van der Waals surface area contributed by atoms with Crippen LogP contribution in [0, 0.1) is 0 Å². The number of aromatic nitrogens is 2. The Kier molecular flexibility index (Phi) is 5.76. The lowest BCUT2D eigenvalue weighted by Crippen LogP contribution is -2.29. The summed E-state index contributed by atoms with van der Waals surface area (Å²) in [5.41, 5.74) is 0.730. The van der Waals surface area contributed by atoms with Crippen LogP contribution in [0.3, 0.4) is 0 Å². The van der Waals surface area contributed by atoms with Crippen molar-refractivity contribution >= 4 is 22.5 Å². The molecule has 0 saturated heterocycles. The molecule has 1 aromatic heterocycles. The SMILES string of the molecule is CCN(CC)CCCn1c(CCl)nc2ccccc2c1=O. The van der Waals surface area contributed by atoms with Crippen molar-refractivity contribution in [2.75, 3.05) is 19.6 Å². The van der Waals surface area contributed by atoms with Crippen molar-refractivity contribution in [2.45, 2.75) is 32.7 Å². The van der Waals surface area contributed by atoms with Crippen LogP contribution in [0.15, 0.2) is 29.1 Å². The zero-order chi connectivity index (χ0) is 15.2. The average molecular weight is 308 g/mol. The summed E-state index contributed by atoms with van der Waals surface area (Å²) in [4.78, 5) is 19.4. The monoisotopic (exact) mass is 307 g/mol. The highest BCUT2D eigenvalue weighted by atomic mass is 35.5. The molecule has 21 heavy (non-hydrogen) atoms. The van der Waals surface area contributed by atoms with Gasteiger partial charge in [0.25, 0.3) is 5.56 Å². The van der Waals surface area contributed by atoms with Gasteiger partial charge in [0.2, 0.25) is 0 Å². The lowest BCUT2D eigenvalue weighted by molar-refractivity contribution is 0.292. The molecule has 5 heteroatoms. The molecule has 0 aliphatic rings. The smallest absolute Gasteiger partial charge is 0.261 e. The van der Waals surface area contributed by atoms with Gasteiger partial charge in [0.15, 0.2) is 0 Å². The standard InChI is InChI=1S/C16H22ClN3O/c1-3-19(4-2)10-7-11-20-15(12-17)18-14-9-6-5-8-13(14)16(20)21/h5-6,8-9H,3-4,7,10-12H2,1-2H3. The minimum absolute atomic E-state index is 0.01000. The first-order valence-electron chi connectivity index (χ1n) is 7.48. The summed E-state index contributed by atoms with van der Waals surface area (Å²) in [7, 11) is 0. The Morgan fingerprint density at radius 3 is 2.62 bits per heavy atom. The van der Waals surface area contributed by atoms with Crippen LogP contribution < -0.4 is 5.56 Å². The topological polar surface area (TPSA) is 38.1 Å². The van der Waals surface area contributed by atoms with Crippen LogP contribution in [0.1, 0.15) is 26.1 Å². The summed E-state index contributed by atoms with van der Waals surface area (Å²) < 4.78 is 1.72. The van der Waals surface area contributed by atoms with E-state index in [-0.39, 0.29) is 11.4 Å². The minimum Gasteiger partial charge on any atom is -0.304 e. The average Bonchev–Trinajstić information content (AvgIpc) is 2.53. The summed E-state index contributed by atoms with van der Waals surface area (Å²) >= 11 is 5.97. The maximum atomic E-state index is 12.6.